The molecule has 2 heterocycles. The van der Waals surface area contributed by atoms with E-state index in [1.807, 2.05) is 35.9 Å². The van der Waals surface area contributed by atoms with Crippen LogP contribution < -0.4 is 10.6 Å². The number of aryl methyl sites for hydroxylation is 2. The van der Waals surface area contributed by atoms with E-state index >= 15 is 0 Å². The molecule has 0 saturated carbocycles. The number of halogens is 1. The summed E-state index contributed by atoms with van der Waals surface area (Å²) in [5.41, 5.74) is 1.10. The molecular weight excluding hydrogens is 326 g/mol. The highest BCUT2D eigenvalue weighted by Gasteiger charge is 2.25. The fourth-order valence-electron chi connectivity index (χ4n) is 2.91. The summed E-state index contributed by atoms with van der Waals surface area (Å²) < 4.78 is 1.92. The zero-order valence-corrected chi connectivity index (χ0v) is 14.5. The largest absolute Gasteiger partial charge is 0.338 e. The van der Waals surface area contributed by atoms with Crippen LogP contribution in [0, 0.1) is 0 Å². The summed E-state index contributed by atoms with van der Waals surface area (Å²) in [5, 5.41) is 11.1. The third-order valence-corrected chi connectivity index (χ3v) is 4.36. The lowest BCUT2D eigenvalue weighted by atomic mass is 10.1. The van der Waals surface area contributed by atoms with Crippen LogP contribution in [0.15, 0.2) is 24.3 Å². The number of amides is 2. The van der Waals surface area contributed by atoms with Gasteiger partial charge in [-0.3, -0.25) is 0 Å². The van der Waals surface area contributed by atoms with Crippen LogP contribution in [0.5, 0.6) is 0 Å². The van der Waals surface area contributed by atoms with Crippen molar-refractivity contribution in [3.05, 3.63) is 46.5 Å². The van der Waals surface area contributed by atoms with Crippen LogP contribution in [0.2, 0.25) is 5.02 Å². The molecule has 6 nitrogen and oxygen atoms in total. The highest BCUT2D eigenvalue weighted by molar-refractivity contribution is 6.30. The third kappa shape index (κ3) is 4.06. The van der Waals surface area contributed by atoms with Gasteiger partial charge in [-0.2, -0.15) is 5.10 Å². The van der Waals surface area contributed by atoms with Crippen LogP contribution in [0.4, 0.5) is 4.79 Å². The maximum atomic E-state index is 12.1. The molecule has 24 heavy (non-hydrogen) atoms. The molecule has 2 N–H and O–H groups in total. The van der Waals surface area contributed by atoms with Crippen molar-refractivity contribution in [3.8, 4) is 0 Å². The zero-order valence-electron chi connectivity index (χ0n) is 13.8. The van der Waals surface area contributed by atoms with Gasteiger partial charge in [0.2, 0.25) is 0 Å². The van der Waals surface area contributed by atoms with E-state index in [4.69, 9.17) is 11.6 Å². The topological polar surface area (TPSA) is 71.8 Å². The molecule has 1 aliphatic heterocycles. The first-order valence-corrected chi connectivity index (χ1v) is 8.76. The Labute approximate surface area is 146 Å². The Kier molecular flexibility index (Phi) is 5.35. The van der Waals surface area contributed by atoms with E-state index in [9.17, 15) is 4.79 Å². The van der Waals surface area contributed by atoms with Crippen LogP contribution in [0.3, 0.4) is 0 Å². The summed E-state index contributed by atoms with van der Waals surface area (Å²) in [6.07, 6.45) is 3.43. The molecule has 0 bridgehead atoms. The van der Waals surface area contributed by atoms with Crippen LogP contribution >= 0.6 is 11.6 Å². The first-order chi connectivity index (χ1) is 11.7. The van der Waals surface area contributed by atoms with Gasteiger partial charge in [0.15, 0.2) is 5.82 Å². The number of carbonyl (C=O) groups excluding carboxylic acids is 1. The number of hydrogen-bond acceptors (Lipinski definition) is 3. The summed E-state index contributed by atoms with van der Waals surface area (Å²) in [6, 6.07) is 7.43. The van der Waals surface area contributed by atoms with Crippen LogP contribution in [0.1, 0.15) is 43.0 Å². The van der Waals surface area contributed by atoms with Gasteiger partial charge >= 0.3 is 6.03 Å². The fraction of sp³-hybridized carbons (Fsp3) is 0.471. The highest BCUT2D eigenvalue weighted by Crippen LogP contribution is 2.23. The first kappa shape index (κ1) is 16.8. The minimum absolute atomic E-state index is 0.0716. The molecule has 1 aromatic heterocycles. The molecule has 2 aromatic rings. The van der Waals surface area contributed by atoms with Gasteiger partial charge in [-0.05, 0) is 37.0 Å². The van der Waals surface area contributed by atoms with Crippen LogP contribution in [-0.4, -0.2) is 27.3 Å². The van der Waals surface area contributed by atoms with Crippen LogP contribution in [-0.2, 0) is 19.4 Å². The number of aromatic nitrogens is 3. The van der Waals surface area contributed by atoms with Crippen molar-refractivity contribution >= 4 is 17.6 Å². The van der Waals surface area contributed by atoms with Crippen molar-refractivity contribution < 1.29 is 4.79 Å². The number of nitrogens with zero attached hydrogens (tertiary/aromatic N) is 3. The molecule has 0 saturated heterocycles. The second-order valence-corrected chi connectivity index (χ2v) is 6.37. The summed E-state index contributed by atoms with van der Waals surface area (Å²) >= 11 is 5.96. The molecule has 0 spiro atoms. The molecule has 1 atom stereocenters. The Balaban J connectivity index is 1.51. The molecule has 1 unspecified atom stereocenters. The minimum atomic E-state index is -0.170. The number of carbonyl (C=O) groups is 1. The van der Waals surface area contributed by atoms with Gasteiger partial charge in [-0.25, -0.2) is 14.5 Å². The molecule has 0 fully saturated rings. The molecule has 7 heteroatoms. The number of nitrogens with one attached hydrogen (secondary N) is 2. The normalized spacial score (nSPS) is 16.5. The van der Waals surface area contributed by atoms with E-state index in [2.05, 4.69) is 20.7 Å². The van der Waals surface area contributed by atoms with Crippen LogP contribution in [0.25, 0.3) is 0 Å². The van der Waals surface area contributed by atoms with Gasteiger partial charge in [0.1, 0.15) is 5.82 Å². The Bertz CT molecular complexity index is 715. The number of benzene rings is 1. The van der Waals surface area contributed by atoms with E-state index in [1.54, 1.807) is 0 Å². The highest BCUT2D eigenvalue weighted by atomic mass is 35.5. The molecule has 1 aromatic carbocycles. The first-order valence-electron chi connectivity index (χ1n) is 8.38. The summed E-state index contributed by atoms with van der Waals surface area (Å²) in [4.78, 5) is 16.7. The Morgan fingerprint density at radius 1 is 1.46 bits per heavy atom. The molecule has 2 amide bonds. The maximum Gasteiger partial charge on any atom is 0.315 e. The standard InChI is InChI=1S/C17H22ClN5O/c1-2-15-21-16-14(7-4-10-23(16)22-15)20-17(24)19-9-8-12-5-3-6-13(18)11-12/h3,5-6,11,14H,2,4,7-10H2,1H3,(H2,19,20,24). The lowest BCUT2D eigenvalue weighted by molar-refractivity contribution is 0.233. The number of urea groups is 1. The van der Waals surface area contributed by atoms with E-state index in [0.29, 0.717) is 11.6 Å². The molecule has 1 aliphatic rings. The Hall–Kier alpha value is -2.08. The van der Waals surface area contributed by atoms with Gasteiger partial charge < -0.3 is 10.6 Å². The van der Waals surface area contributed by atoms with Crippen molar-refractivity contribution in [2.75, 3.05) is 6.54 Å². The molecule has 0 radical (unpaired) electrons. The lowest BCUT2D eigenvalue weighted by Crippen LogP contribution is -2.40. The van der Waals surface area contributed by atoms with Gasteiger partial charge in [0.25, 0.3) is 0 Å². The second kappa shape index (κ2) is 7.66. The molecule has 0 aliphatic carbocycles. The SMILES string of the molecule is CCc1nc2n(n1)CCCC2NC(=O)NCCc1cccc(Cl)c1. The van der Waals surface area contributed by atoms with Crippen molar-refractivity contribution in [1.82, 2.24) is 25.4 Å². The number of hydrogen-bond donors (Lipinski definition) is 2. The predicted molar refractivity (Wildman–Crippen MR) is 93.1 cm³/mol. The monoisotopic (exact) mass is 347 g/mol. The van der Waals surface area contributed by atoms with Crippen molar-refractivity contribution in [3.63, 3.8) is 0 Å². The Morgan fingerprint density at radius 3 is 3.12 bits per heavy atom. The second-order valence-electron chi connectivity index (χ2n) is 5.94. The molecule has 128 valence electrons. The van der Waals surface area contributed by atoms with Gasteiger partial charge in [-0.1, -0.05) is 30.7 Å². The fourth-order valence-corrected chi connectivity index (χ4v) is 3.12. The maximum absolute atomic E-state index is 12.1. The van der Waals surface area contributed by atoms with E-state index in [-0.39, 0.29) is 12.1 Å². The van der Waals surface area contributed by atoms with Crippen molar-refractivity contribution in [2.24, 2.45) is 0 Å². The average Bonchev–Trinajstić information content (AvgIpc) is 2.99. The summed E-state index contributed by atoms with van der Waals surface area (Å²) in [5.74, 6) is 1.70. The van der Waals surface area contributed by atoms with E-state index in [0.717, 1.165) is 49.4 Å². The van der Waals surface area contributed by atoms with Gasteiger partial charge in [0.05, 0.1) is 6.04 Å². The number of rotatable bonds is 5. The van der Waals surface area contributed by atoms with Gasteiger partial charge in [-0.15, -0.1) is 0 Å². The smallest absolute Gasteiger partial charge is 0.315 e. The average molecular weight is 348 g/mol. The molecular formula is C17H22ClN5O. The van der Waals surface area contributed by atoms with Crippen molar-refractivity contribution in [1.29, 1.82) is 0 Å². The minimum Gasteiger partial charge on any atom is -0.338 e. The Morgan fingerprint density at radius 2 is 2.33 bits per heavy atom. The predicted octanol–water partition coefficient (Wildman–Crippen LogP) is 2.87. The van der Waals surface area contributed by atoms with Crippen molar-refractivity contribution in [2.45, 2.75) is 45.2 Å². The van der Waals surface area contributed by atoms with Gasteiger partial charge in [0, 0.05) is 24.5 Å². The zero-order chi connectivity index (χ0) is 16.9. The van der Waals surface area contributed by atoms with E-state index in [1.165, 1.54) is 0 Å². The molecule has 3 rings (SSSR count). The summed E-state index contributed by atoms with van der Waals surface area (Å²) in [7, 11) is 0. The quantitative estimate of drug-likeness (QED) is 0.873. The summed E-state index contributed by atoms with van der Waals surface area (Å²) in [6.45, 7) is 3.47. The lowest BCUT2D eigenvalue weighted by Gasteiger charge is -2.23. The third-order valence-electron chi connectivity index (χ3n) is 4.13. The number of fused-ring (bicyclic) bond motifs is 1. The van der Waals surface area contributed by atoms with E-state index < -0.39 is 0 Å².